The Morgan fingerprint density at radius 3 is 2.68 bits per heavy atom. The summed E-state index contributed by atoms with van der Waals surface area (Å²) in [6.07, 6.45) is 1.42. The van der Waals surface area contributed by atoms with Gasteiger partial charge in [-0.1, -0.05) is 6.07 Å². The highest BCUT2D eigenvalue weighted by atomic mass is 32.2. The van der Waals surface area contributed by atoms with Gasteiger partial charge in [-0.3, -0.25) is 9.59 Å². The maximum absolute atomic E-state index is 13.2. The van der Waals surface area contributed by atoms with E-state index in [-0.39, 0.29) is 11.7 Å². The third-order valence-corrected chi connectivity index (χ3v) is 5.05. The predicted octanol–water partition coefficient (Wildman–Crippen LogP) is 3.14. The molecule has 4 nitrogen and oxygen atoms in total. The summed E-state index contributed by atoms with van der Waals surface area (Å²) in [6, 6.07) is 8.70. The molecule has 0 aromatic heterocycles. The van der Waals surface area contributed by atoms with Gasteiger partial charge in [0.05, 0.1) is 5.75 Å². The summed E-state index contributed by atoms with van der Waals surface area (Å²) in [6.45, 7) is 0.548. The van der Waals surface area contributed by atoms with Crippen LogP contribution in [0.2, 0.25) is 0 Å². The van der Waals surface area contributed by atoms with E-state index < -0.39 is 17.5 Å². The molecule has 1 heterocycles. The summed E-state index contributed by atoms with van der Waals surface area (Å²) in [5, 5.41) is 0. The Kier molecular flexibility index (Phi) is 5.03. The van der Waals surface area contributed by atoms with E-state index in [1.807, 2.05) is 0 Å². The molecule has 0 spiro atoms. The lowest BCUT2D eigenvalue weighted by molar-refractivity contribution is -0.116. The average Bonchev–Trinajstić information content (AvgIpc) is 2.61. The van der Waals surface area contributed by atoms with Gasteiger partial charge in [-0.2, -0.15) is 0 Å². The fourth-order valence-corrected chi connectivity index (χ4v) is 3.70. The molecule has 0 saturated heterocycles. The van der Waals surface area contributed by atoms with Crippen molar-refractivity contribution in [1.29, 1.82) is 0 Å². The second-order valence-corrected chi connectivity index (χ2v) is 6.73. The smallest absolute Gasteiger partial charge is 0.249 e. The normalized spacial score (nSPS) is 13.4. The average molecular weight is 362 g/mol. The van der Waals surface area contributed by atoms with Crippen LogP contribution in [0.5, 0.6) is 0 Å². The molecule has 7 heteroatoms. The highest BCUT2D eigenvalue weighted by Crippen LogP contribution is 2.31. The fourth-order valence-electron chi connectivity index (χ4n) is 2.90. The van der Waals surface area contributed by atoms with Crippen LogP contribution >= 0.6 is 11.8 Å². The van der Waals surface area contributed by atoms with Gasteiger partial charge >= 0.3 is 0 Å². The summed E-state index contributed by atoms with van der Waals surface area (Å²) in [7, 11) is 0. The molecular formula is C18H16F2N2O2S. The Hall–Kier alpha value is -2.41. The third-order valence-electron chi connectivity index (χ3n) is 4.07. The zero-order valence-corrected chi connectivity index (χ0v) is 14.1. The van der Waals surface area contributed by atoms with E-state index in [9.17, 15) is 18.4 Å². The Labute approximate surface area is 148 Å². The second kappa shape index (κ2) is 7.23. The molecular weight excluding hydrogens is 346 g/mol. The Morgan fingerprint density at radius 1 is 1.16 bits per heavy atom. The monoisotopic (exact) mass is 362 g/mol. The van der Waals surface area contributed by atoms with E-state index in [1.165, 1.54) is 6.07 Å². The standard InChI is InChI=1S/C18H16F2N2O2S/c19-14-7-6-11(9-15(14)20)25-10-17(23)22-8-2-4-12-13(18(21)24)3-1-5-16(12)22/h1,3,5-7,9H,2,4,8,10H2,(H2,21,24). The van der Waals surface area contributed by atoms with E-state index in [1.54, 1.807) is 23.1 Å². The number of benzene rings is 2. The van der Waals surface area contributed by atoms with Gasteiger partial charge in [0, 0.05) is 22.7 Å². The van der Waals surface area contributed by atoms with Gasteiger partial charge in [0.2, 0.25) is 11.8 Å². The van der Waals surface area contributed by atoms with Crippen LogP contribution in [0.4, 0.5) is 14.5 Å². The number of carbonyl (C=O) groups is 2. The van der Waals surface area contributed by atoms with Crippen molar-refractivity contribution in [1.82, 2.24) is 0 Å². The van der Waals surface area contributed by atoms with Crippen LogP contribution in [0.1, 0.15) is 22.3 Å². The zero-order valence-electron chi connectivity index (χ0n) is 13.3. The first-order valence-corrected chi connectivity index (χ1v) is 8.76. The predicted molar refractivity (Wildman–Crippen MR) is 92.7 cm³/mol. The molecule has 0 saturated carbocycles. The number of amides is 2. The number of halogens is 2. The van der Waals surface area contributed by atoms with Gasteiger partial charge in [-0.25, -0.2) is 8.78 Å². The van der Waals surface area contributed by atoms with E-state index in [0.29, 0.717) is 29.1 Å². The molecule has 0 bridgehead atoms. The van der Waals surface area contributed by atoms with Crippen LogP contribution in [0.3, 0.4) is 0 Å². The number of hydrogen-bond acceptors (Lipinski definition) is 3. The number of primary amides is 1. The highest BCUT2D eigenvalue weighted by molar-refractivity contribution is 8.00. The van der Waals surface area contributed by atoms with Crippen molar-refractivity contribution in [3.63, 3.8) is 0 Å². The molecule has 2 aromatic rings. The zero-order chi connectivity index (χ0) is 18.0. The number of thioether (sulfide) groups is 1. The lowest BCUT2D eigenvalue weighted by Gasteiger charge is -2.30. The molecule has 2 amide bonds. The van der Waals surface area contributed by atoms with Crippen molar-refractivity contribution in [3.05, 3.63) is 59.2 Å². The van der Waals surface area contributed by atoms with Gasteiger partial charge < -0.3 is 10.6 Å². The molecule has 0 unspecified atom stereocenters. The molecule has 0 radical (unpaired) electrons. The minimum Gasteiger partial charge on any atom is -0.366 e. The first kappa shape index (κ1) is 17.4. The number of anilines is 1. The molecule has 130 valence electrons. The van der Waals surface area contributed by atoms with Gasteiger partial charge in [0.25, 0.3) is 0 Å². The minimum atomic E-state index is -0.938. The minimum absolute atomic E-state index is 0.0886. The van der Waals surface area contributed by atoms with Crippen LogP contribution in [0.15, 0.2) is 41.3 Å². The van der Waals surface area contributed by atoms with Crippen molar-refractivity contribution in [2.24, 2.45) is 5.73 Å². The third kappa shape index (κ3) is 3.66. The molecule has 2 N–H and O–H groups in total. The quantitative estimate of drug-likeness (QED) is 0.850. The van der Waals surface area contributed by atoms with Crippen molar-refractivity contribution in [3.8, 4) is 0 Å². The molecule has 25 heavy (non-hydrogen) atoms. The fraction of sp³-hybridized carbons (Fsp3) is 0.222. The Balaban J connectivity index is 1.77. The molecule has 0 aliphatic carbocycles. The lowest BCUT2D eigenvalue weighted by atomic mass is 9.96. The molecule has 1 aliphatic heterocycles. The summed E-state index contributed by atoms with van der Waals surface area (Å²) in [5.74, 6) is -2.43. The number of fused-ring (bicyclic) bond motifs is 1. The van der Waals surface area contributed by atoms with E-state index >= 15 is 0 Å². The SMILES string of the molecule is NC(=O)c1cccc2c1CCCN2C(=O)CSc1ccc(F)c(F)c1. The second-order valence-electron chi connectivity index (χ2n) is 5.68. The Bertz CT molecular complexity index is 842. The molecule has 3 rings (SSSR count). The first-order chi connectivity index (χ1) is 12.0. The van der Waals surface area contributed by atoms with E-state index in [4.69, 9.17) is 5.73 Å². The van der Waals surface area contributed by atoms with E-state index in [2.05, 4.69) is 0 Å². The summed E-state index contributed by atoms with van der Waals surface area (Å²) in [5.41, 5.74) is 7.32. The van der Waals surface area contributed by atoms with E-state index in [0.717, 1.165) is 35.9 Å². The molecule has 0 fully saturated rings. The summed E-state index contributed by atoms with van der Waals surface area (Å²) < 4.78 is 26.2. The van der Waals surface area contributed by atoms with Gasteiger partial charge in [0.1, 0.15) is 0 Å². The van der Waals surface area contributed by atoms with Crippen LogP contribution in [0.25, 0.3) is 0 Å². The van der Waals surface area contributed by atoms with Gasteiger partial charge in [-0.05, 0) is 48.7 Å². The van der Waals surface area contributed by atoms with Crippen LogP contribution < -0.4 is 10.6 Å². The number of carbonyl (C=O) groups excluding carboxylic acids is 2. The number of nitrogens with two attached hydrogens (primary N) is 1. The maximum atomic E-state index is 13.2. The summed E-state index contributed by atoms with van der Waals surface area (Å²) in [4.78, 5) is 26.3. The largest absolute Gasteiger partial charge is 0.366 e. The van der Waals surface area contributed by atoms with Crippen molar-refractivity contribution >= 4 is 29.3 Å². The van der Waals surface area contributed by atoms with Crippen molar-refractivity contribution in [2.45, 2.75) is 17.7 Å². The highest BCUT2D eigenvalue weighted by Gasteiger charge is 2.25. The number of rotatable bonds is 4. The first-order valence-electron chi connectivity index (χ1n) is 7.77. The maximum Gasteiger partial charge on any atom is 0.249 e. The number of hydrogen-bond donors (Lipinski definition) is 1. The molecule has 0 atom stereocenters. The van der Waals surface area contributed by atoms with Crippen molar-refractivity contribution in [2.75, 3.05) is 17.2 Å². The Morgan fingerprint density at radius 2 is 1.96 bits per heavy atom. The lowest BCUT2D eigenvalue weighted by Crippen LogP contribution is -2.37. The topological polar surface area (TPSA) is 63.4 Å². The number of nitrogens with zero attached hydrogens (tertiary/aromatic N) is 1. The van der Waals surface area contributed by atoms with Gasteiger partial charge in [-0.15, -0.1) is 11.8 Å². The summed E-state index contributed by atoms with van der Waals surface area (Å²) >= 11 is 1.14. The van der Waals surface area contributed by atoms with Crippen LogP contribution in [0, 0.1) is 11.6 Å². The van der Waals surface area contributed by atoms with Crippen LogP contribution in [-0.4, -0.2) is 24.1 Å². The van der Waals surface area contributed by atoms with Crippen LogP contribution in [-0.2, 0) is 11.2 Å². The van der Waals surface area contributed by atoms with Gasteiger partial charge in [0.15, 0.2) is 11.6 Å². The van der Waals surface area contributed by atoms with Crippen molar-refractivity contribution < 1.29 is 18.4 Å². The molecule has 1 aliphatic rings. The molecule has 2 aromatic carbocycles.